The van der Waals surface area contributed by atoms with E-state index in [1.807, 2.05) is 6.07 Å². The number of halogens is 3. The van der Waals surface area contributed by atoms with Gasteiger partial charge in [-0.15, -0.1) is 0 Å². The lowest BCUT2D eigenvalue weighted by Gasteiger charge is -2.30. The minimum absolute atomic E-state index is 0.0133. The van der Waals surface area contributed by atoms with E-state index in [-0.39, 0.29) is 5.56 Å². The maximum Gasteiger partial charge on any atom is 0.303 e. The number of alkyl halides is 2. The van der Waals surface area contributed by atoms with Crippen LogP contribution in [0.15, 0.2) is 30.3 Å². The van der Waals surface area contributed by atoms with Crippen LogP contribution < -0.4 is 10.1 Å². The van der Waals surface area contributed by atoms with E-state index >= 15 is 4.39 Å². The fraction of sp³-hybridized carbons (Fsp3) is 0.448. The molecule has 1 aromatic heterocycles. The molecule has 0 radical (unpaired) electrons. The molecule has 2 aromatic carbocycles. The van der Waals surface area contributed by atoms with Gasteiger partial charge in [-0.2, -0.15) is 8.78 Å². The lowest BCUT2D eigenvalue weighted by Crippen LogP contribution is -2.41. The van der Waals surface area contributed by atoms with Gasteiger partial charge < -0.3 is 19.9 Å². The number of nitrogens with zero attached hydrogens (tertiary/aromatic N) is 2. The third kappa shape index (κ3) is 5.87. The summed E-state index contributed by atoms with van der Waals surface area (Å²) >= 11 is 0. The van der Waals surface area contributed by atoms with Crippen molar-refractivity contribution in [2.24, 2.45) is 5.92 Å². The summed E-state index contributed by atoms with van der Waals surface area (Å²) in [7, 11) is 1.59. The monoisotopic (exact) mass is 527 g/mol. The molecule has 1 fully saturated rings. The van der Waals surface area contributed by atoms with E-state index in [0.29, 0.717) is 53.0 Å². The van der Waals surface area contributed by atoms with Gasteiger partial charge >= 0.3 is 5.92 Å². The predicted octanol–water partition coefficient (Wildman–Crippen LogP) is 5.90. The molecule has 1 atom stereocenters. The van der Waals surface area contributed by atoms with Crippen molar-refractivity contribution in [2.45, 2.75) is 58.1 Å². The molecule has 0 bridgehead atoms. The van der Waals surface area contributed by atoms with Crippen LogP contribution in [0.5, 0.6) is 5.75 Å². The first-order valence-electron chi connectivity index (χ1n) is 12.5. The second-order valence-electron chi connectivity index (χ2n) is 10.1. The fourth-order valence-corrected chi connectivity index (χ4v) is 3.98. The highest BCUT2D eigenvalue weighted by atomic mass is 19.3. The maximum atomic E-state index is 15.4. The Bertz CT molecular complexity index is 1390. The van der Waals surface area contributed by atoms with Crippen LogP contribution in [0.2, 0.25) is 0 Å². The number of methoxy groups -OCH3 is 1. The van der Waals surface area contributed by atoms with Crippen molar-refractivity contribution < 1.29 is 27.8 Å². The van der Waals surface area contributed by atoms with E-state index in [9.17, 15) is 13.9 Å². The summed E-state index contributed by atoms with van der Waals surface area (Å²) < 4.78 is 56.1. The largest absolute Gasteiger partial charge is 0.490 e. The quantitative estimate of drug-likeness (QED) is 0.267. The SMILES string of the molecule is COCCOc1cc2c(N[C@H](C)c3cccc(C(F)(F)C(C)(C)O)c3F)nc(C)nc2cc1C#CC1CC1. The van der Waals surface area contributed by atoms with Crippen LogP contribution in [-0.2, 0) is 10.7 Å². The van der Waals surface area contributed by atoms with Crippen molar-refractivity contribution in [1.82, 2.24) is 9.97 Å². The minimum Gasteiger partial charge on any atom is -0.490 e. The molecule has 4 rings (SSSR count). The topological polar surface area (TPSA) is 76.5 Å². The van der Waals surface area contributed by atoms with E-state index in [4.69, 9.17) is 9.47 Å². The number of aromatic nitrogens is 2. The summed E-state index contributed by atoms with van der Waals surface area (Å²) in [5, 5.41) is 13.7. The van der Waals surface area contributed by atoms with E-state index in [0.717, 1.165) is 32.8 Å². The third-order valence-corrected chi connectivity index (χ3v) is 6.40. The van der Waals surface area contributed by atoms with Gasteiger partial charge in [-0.3, -0.25) is 0 Å². The van der Waals surface area contributed by atoms with Gasteiger partial charge in [0.2, 0.25) is 0 Å². The molecular weight excluding hydrogens is 495 g/mol. The second kappa shape index (κ2) is 10.8. The van der Waals surface area contributed by atoms with Gasteiger partial charge in [-0.05, 0) is 58.7 Å². The Morgan fingerprint density at radius 2 is 1.92 bits per heavy atom. The van der Waals surface area contributed by atoms with Crippen molar-refractivity contribution in [3.63, 3.8) is 0 Å². The molecule has 1 aliphatic carbocycles. The Morgan fingerprint density at radius 1 is 1.18 bits per heavy atom. The van der Waals surface area contributed by atoms with Gasteiger partial charge in [-0.25, -0.2) is 14.4 Å². The molecule has 9 heteroatoms. The minimum atomic E-state index is -3.79. The zero-order valence-corrected chi connectivity index (χ0v) is 22.2. The lowest BCUT2D eigenvalue weighted by atomic mass is 9.91. The summed E-state index contributed by atoms with van der Waals surface area (Å²) in [4.78, 5) is 9.06. The normalized spacial score (nSPS) is 14.7. The summed E-state index contributed by atoms with van der Waals surface area (Å²) in [5.74, 6) is 3.39. The summed E-state index contributed by atoms with van der Waals surface area (Å²) in [5.41, 5.74) is -1.98. The highest BCUT2D eigenvalue weighted by Gasteiger charge is 2.49. The Morgan fingerprint density at radius 3 is 2.58 bits per heavy atom. The van der Waals surface area contributed by atoms with Crippen molar-refractivity contribution in [2.75, 3.05) is 25.6 Å². The number of aliphatic hydroxyl groups is 1. The lowest BCUT2D eigenvalue weighted by molar-refractivity contribution is -0.170. The van der Waals surface area contributed by atoms with Gasteiger partial charge in [-0.1, -0.05) is 24.0 Å². The molecule has 0 saturated heterocycles. The number of hydrogen-bond acceptors (Lipinski definition) is 6. The Labute approximate surface area is 220 Å². The average Bonchev–Trinajstić information content (AvgIpc) is 3.67. The number of benzene rings is 2. The van der Waals surface area contributed by atoms with Crippen molar-refractivity contribution >= 4 is 16.7 Å². The van der Waals surface area contributed by atoms with Crippen LogP contribution in [0.3, 0.4) is 0 Å². The van der Waals surface area contributed by atoms with Crippen LogP contribution >= 0.6 is 0 Å². The first kappa shape index (κ1) is 27.7. The number of anilines is 1. The number of ether oxygens (including phenoxy) is 2. The molecule has 0 spiro atoms. The molecule has 2 N–H and O–H groups in total. The average molecular weight is 528 g/mol. The van der Waals surface area contributed by atoms with E-state index in [2.05, 4.69) is 27.1 Å². The smallest absolute Gasteiger partial charge is 0.303 e. The molecule has 1 saturated carbocycles. The van der Waals surface area contributed by atoms with E-state index in [1.165, 1.54) is 12.1 Å². The van der Waals surface area contributed by atoms with Crippen LogP contribution in [0.25, 0.3) is 10.9 Å². The number of nitrogens with one attached hydrogen (secondary N) is 1. The standard InChI is InChI=1S/C29H32F3N3O3/c1-17(21-7-6-8-23(26(21)30)29(31,32)28(3,4)36)33-27-22-16-25(38-14-13-37-5)20(12-11-19-9-10-19)15-24(22)34-18(2)35-27/h6-8,15-17,19,36H,9-10,13-14H2,1-5H3,(H,33,34,35)/t17-/m1/s1. The summed E-state index contributed by atoms with van der Waals surface area (Å²) in [6.07, 6.45) is 2.18. The third-order valence-electron chi connectivity index (χ3n) is 6.40. The zero-order valence-electron chi connectivity index (χ0n) is 22.2. The molecule has 1 aliphatic rings. The highest BCUT2D eigenvalue weighted by molar-refractivity contribution is 5.92. The van der Waals surface area contributed by atoms with Crippen LogP contribution in [0.4, 0.5) is 19.0 Å². The van der Waals surface area contributed by atoms with Gasteiger partial charge in [0, 0.05) is 24.0 Å². The molecular formula is C29H32F3N3O3. The van der Waals surface area contributed by atoms with Gasteiger partial charge in [0.25, 0.3) is 0 Å². The van der Waals surface area contributed by atoms with Gasteiger partial charge in [0.1, 0.15) is 35.4 Å². The van der Waals surface area contributed by atoms with Crippen LogP contribution in [0.1, 0.15) is 62.2 Å². The van der Waals surface area contributed by atoms with Gasteiger partial charge in [0.05, 0.1) is 29.3 Å². The molecule has 0 amide bonds. The van der Waals surface area contributed by atoms with Crippen molar-refractivity contribution in [3.05, 3.63) is 58.7 Å². The number of hydrogen-bond donors (Lipinski definition) is 2. The molecule has 3 aromatic rings. The second-order valence-corrected chi connectivity index (χ2v) is 10.1. The zero-order chi connectivity index (χ0) is 27.7. The fourth-order valence-electron chi connectivity index (χ4n) is 3.98. The summed E-state index contributed by atoms with van der Waals surface area (Å²) in [6, 6.07) is 6.65. The predicted molar refractivity (Wildman–Crippen MR) is 140 cm³/mol. The number of fused-ring (bicyclic) bond motifs is 1. The first-order chi connectivity index (χ1) is 17.9. The Hall–Kier alpha value is -3.35. The molecule has 6 nitrogen and oxygen atoms in total. The number of rotatable bonds is 9. The first-order valence-corrected chi connectivity index (χ1v) is 12.5. The molecule has 0 unspecified atom stereocenters. The Balaban J connectivity index is 1.73. The van der Waals surface area contributed by atoms with E-state index in [1.54, 1.807) is 27.0 Å². The van der Waals surface area contributed by atoms with Crippen LogP contribution in [-0.4, -0.2) is 41.0 Å². The van der Waals surface area contributed by atoms with Crippen molar-refractivity contribution in [3.8, 4) is 17.6 Å². The van der Waals surface area contributed by atoms with E-state index < -0.39 is 28.9 Å². The highest BCUT2D eigenvalue weighted by Crippen LogP contribution is 2.41. The number of aryl methyl sites for hydroxylation is 1. The maximum absolute atomic E-state index is 15.4. The molecule has 1 heterocycles. The Kier molecular flexibility index (Phi) is 7.86. The van der Waals surface area contributed by atoms with Crippen LogP contribution in [0, 0.1) is 30.5 Å². The van der Waals surface area contributed by atoms with Gasteiger partial charge in [0.15, 0.2) is 0 Å². The van der Waals surface area contributed by atoms with Crippen molar-refractivity contribution in [1.29, 1.82) is 0 Å². The molecule has 0 aliphatic heterocycles. The molecule has 38 heavy (non-hydrogen) atoms. The molecule has 202 valence electrons. The summed E-state index contributed by atoms with van der Waals surface area (Å²) in [6.45, 7) is 6.00.